The van der Waals surface area contributed by atoms with E-state index in [9.17, 15) is 9.18 Å². The summed E-state index contributed by atoms with van der Waals surface area (Å²) in [6.45, 7) is 1.43. The van der Waals surface area contributed by atoms with Gasteiger partial charge < -0.3 is 15.1 Å². The Hall–Kier alpha value is -1.99. The Labute approximate surface area is 115 Å². The Balaban J connectivity index is 2.47. The number of halogens is 1. The molecular formula is C13H16FN3O3. The molecule has 0 saturated heterocycles. The number of amides is 1. The predicted octanol–water partition coefficient (Wildman–Crippen LogP) is 0.209. The number of nitrogens with zero attached hydrogens (tertiary/aromatic N) is 3. The fourth-order valence-electron chi connectivity index (χ4n) is 2.10. The third kappa shape index (κ3) is 2.63. The van der Waals surface area contributed by atoms with Gasteiger partial charge in [-0.15, -0.1) is 0 Å². The summed E-state index contributed by atoms with van der Waals surface area (Å²) in [4.78, 5) is 18.0. The van der Waals surface area contributed by atoms with Crippen molar-refractivity contribution in [1.82, 2.24) is 14.3 Å². The molecule has 0 saturated carbocycles. The molecule has 0 aliphatic carbocycles. The quantitative estimate of drug-likeness (QED) is 0.821. The van der Waals surface area contributed by atoms with Crippen LogP contribution in [0.5, 0.6) is 0 Å². The van der Waals surface area contributed by atoms with Crippen molar-refractivity contribution in [2.45, 2.75) is 6.92 Å². The molecule has 6 nitrogen and oxygen atoms in total. The zero-order valence-electron chi connectivity index (χ0n) is 11.1. The highest BCUT2D eigenvalue weighted by Gasteiger charge is 2.22. The van der Waals surface area contributed by atoms with Crippen molar-refractivity contribution in [1.29, 1.82) is 0 Å². The number of hydrogen-bond donors (Lipinski definition) is 2. The second-order valence-corrected chi connectivity index (χ2v) is 4.36. The number of aryl methyl sites for hydroxylation is 1. The number of aliphatic hydroxyl groups is 2. The van der Waals surface area contributed by atoms with E-state index in [4.69, 9.17) is 10.2 Å². The standard InChI is InChI=1S/C13H16FN3O3/c1-9-12(13(20)16(4-6-18)5-7-19)17-8-10(14)2-3-11(17)15-9/h2-3,8,18-19H,4-7H2,1H3. The molecule has 20 heavy (non-hydrogen) atoms. The summed E-state index contributed by atoms with van der Waals surface area (Å²) < 4.78 is 14.7. The molecule has 2 heterocycles. The van der Waals surface area contributed by atoms with E-state index in [1.54, 1.807) is 6.92 Å². The number of aliphatic hydroxyl groups excluding tert-OH is 2. The van der Waals surface area contributed by atoms with Crippen LogP contribution in [0.4, 0.5) is 4.39 Å². The van der Waals surface area contributed by atoms with Crippen LogP contribution in [-0.4, -0.2) is 56.7 Å². The van der Waals surface area contributed by atoms with Crippen molar-refractivity contribution in [3.05, 3.63) is 35.5 Å². The van der Waals surface area contributed by atoms with Gasteiger partial charge in [0, 0.05) is 19.3 Å². The summed E-state index contributed by atoms with van der Waals surface area (Å²) in [5, 5.41) is 18.0. The molecule has 1 amide bonds. The molecule has 0 radical (unpaired) electrons. The van der Waals surface area contributed by atoms with E-state index in [-0.39, 0.29) is 32.0 Å². The third-order valence-electron chi connectivity index (χ3n) is 2.99. The van der Waals surface area contributed by atoms with Gasteiger partial charge in [-0.3, -0.25) is 9.20 Å². The monoisotopic (exact) mass is 281 g/mol. The highest BCUT2D eigenvalue weighted by atomic mass is 19.1. The van der Waals surface area contributed by atoms with Crippen LogP contribution in [0.1, 0.15) is 16.2 Å². The minimum absolute atomic E-state index is 0.0986. The minimum Gasteiger partial charge on any atom is -0.395 e. The van der Waals surface area contributed by atoms with E-state index < -0.39 is 11.7 Å². The first-order chi connectivity index (χ1) is 9.58. The molecule has 0 unspecified atom stereocenters. The van der Waals surface area contributed by atoms with Crippen LogP contribution in [0.25, 0.3) is 5.65 Å². The Kier molecular flexibility index (Phi) is 4.31. The maximum absolute atomic E-state index is 13.3. The Morgan fingerprint density at radius 3 is 2.60 bits per heavy atom. The zero-order chi connectivity index (χ0) is 14.7. The topological polar surface area (TPSA) is 78.1 Å². The molecule has 0 aliphatic heterocycles. The zero-order valence-corrected chi connectivity index (χ0v) is 11.1. The van der Waals surface area contributed by atoms with Gasteiger partial charge in [-0.25, -0.2) is 9.37 Å². The van der Waals surface area contributed by atoms with Crippen LogP contribution in [0, 0.1) is 12.7 Å². The number of rotatable bonds is 5. The second-order valence-electron chi connectivity index (χ2n) is 4.36. The number of carbonyl (C=O) groups is 1. The number of carbonyl (C=O) groups excluding carboxylic acids is 1. The molecule has 108 valence electrons. The van der Waals surface area contributed by atoms with Gasteiger partial charge in [0.25, 0.3) is 5.91 Å². The highest BCUT2D eigenvalue weighted by molar-refractivity contribution is 5.94. The average Bonchev–Trinajstić information content (AvgIpc) is 2.73. The van der Waals surface area contributed by atoms with Gasteiger partial charge in [-0.1, -0.05) is 0 Å². The summed E-state index contributed by atoms with van der Waals surface area (Å²) >= 11 is 0. The lowest BCUT2D eigenvalue weighted by Crippen LogP contribution is -2.36. The summed E-state index contributed by atoms with van der Waals surface area (Å²) in [6, 6.07) is 2.76. The third-order valence-corrected chi connectivity index (χ3v) is 2.99. The van der Waals surface area contributed by atoms with Gasteiger partial charge in [0.1, 0.15) is 17.2 Å². The molecule has 0 aromatic carbocycles. The Morgan fingerprint density at radius 1 is 1.35 bits per heavy atom. The van der Waals surface area contributed by atoms with Crippen molar-refractivity contribution in [2.75, 3.05) is 26.3 Å². The van der Waals surface area contributed by atoms with Gasteiger partial charge in [0.05, 0.1) is 18.9 Å². The van der Waals surface area contributed by atoms with Crippen LogP contribution in [0.2, 0.25) is 0 Å². The SMILES string of the molecule is Cc1nc2ccc(F)cn2c1C(=O)N(CCO)CCO. The molecule has 2 aromatic heterocycles. The van der Waals surface area contributed by atoms with Crippen LogP contribution in [0.15, 0.2) is 18.3 Å². The fourth-order valence-corrected chi connectivity index (χ4v) is 2.10. The largest absolute Gasteiger partial charge is 0.395 e. The van der Waals surface area contributed by atoms with Crippen LogP contribution in [0.3, 0.4) is 0 Å². The van der Waals surface area contributed by atoms with Gasteiger partial charge >= 0.3 is 0 Å². The maximum Gasteiger partial charge on any atom is 0.272 e. The number of hydrogen-bond acceptors (Lipinski definition) is 4. The smallest absolute Gasteiger partial charge is 0.272 e. The van der Waals surface area contributed by atoms with Crippen molar-refractivity contribution in [3.8, 4) is 0 Å². The normalized spacial score (nSPS) is 11.0. The van der Waals surface area contributed by atoms with E-state index >= 15 is 0 Å². The molecule has 2 aromatic rings. The molecule has 0 atom stereocenters. The lowest BCUT2D eigenvalue weighted by atomic mass is 10.3. The second kappa shape index (κ2) is 5.98. The van der Waals surface area contributed by atoms with Crippen LogP contribution in [-0.2, 0) is 0 Å². The summed E-state index contributed by atoms with van der Waals surface area (Å²) in [7, 11) is 0. The highest BCUT2D eigenvalue weighted by Crippen LogP contribution is 2.15. The molecule has 2 rings (SSSR count). The number of imidazole rings is 1. The summed E-state index contributed by atoms with van der Waals surface area (Å²) in [6.07, 6.45) is 1.19. The van der Waals surface area contributed by atoms with Gasteiger partial charge in [-0.2, -0.15) is 0 Å². The molecule has 7 heteroatoms. The number of fused-ring (bicyclic) bond motifs is 1. The first-order valence-electron chi connectivity index (χ1n) is 6.23. The van der Waals surface area contributed by atoms with E-state index in [0.717, 1.165) is 0 Å². The average molecular weight is 281 g/mol. The maximum atomic E-state index is 13.3. The van der Waals surface area contributed by atoms with Crippen LogP contribution < -0.4 is 0 Å². The van der Waals surface area contributed by atoms with E-state index in [1.165, 1.54) is 27.6 Å². The van der Waals surface area contributed by atoms with Crippen molar-refractivity contribution >= 4 is 11.6 Å². The van der Waals surface area contributed by atoms with Crippen LogP contribution >= 0.6 is 0 Å². The first-order valence-corrected chi connectivity index (χ1v) is 6.23. The Morgan fingerprint density at radius 2 is 2.00 bits per heavy atom. The lowest BCUT2D eigenvalue weighted by molar-refractivity contribution is 0.0677. The molecule has 0 bridgehead atoms. The predicted molar refractivity (Wildman–Crippen MR) is 70.0 cm³/mol. The lowest BCUT2D eigenvalue weighted by Gasteiger charge is -2.20. The minimum atomic E-state index is -0.472. The summed E-state index contributed by atoms with van der Waals surface area (Å²) in [5.41, 5.74) is 1.18. The van der Waals surface area contributed by atoms with E-state index in [2.05, 4.69) is 4.98 Å². The molecule has 2 N–H and O–H groups in total. The van der Waals surface area contributed by atoms with Gasteiger partial charge in [-0.05, 0) is 19.1 Å². The van der Waals surface area contributed by atoms with Crippen molar-refractivity contribution < 1.29 is 19.4 Å². The molecular weight excluding hydrogens is 265 g/mol. The van der Waals surface area contributed by atoms with E-state index in [0.29, 0.717) is 11.3 Å². The molecule has 0 aliphatic rings. The first kappa shape index (κ1) is 14.4. The van der Waals surface area contributed by atoms with Crippen molar-refractivity contribution in [3.63, 3.8) is 0 Å². The Bertz CT molecular complexity index is 621. The summed E-state index contributed by atoms with van der Waals surface area (Å²) in [5.74, 6) is -0.872. The number of pyridine rings is 1. The van der Waals surface area contributed by atoms with E-state index in [1.807, 2.05) is 0 Å². The van der Waals surface area contributed by atoms with Gasteiger partial charge in [0.2, 0.25) is 0 Å². The molecule has 0 fully saturated rings. The molecule has 0 spiro atoms. The van der Waals surface area contributed by atoms with Crippen molar-refractivity contribution in [2.24, 2.45) is 0 Å². The number of aromatic nitrogens is 2. The van der Waals surface area contributed by atoms with Gasteiger partial charge in [0.15, 0.2) is 0 Å². The fraction of sp³-hybridized carbons (Fsp3) is 0.385.